The molecule has 48 heavy (non-hydrogen) atoms. The number of hydrogen-bond acceptors (Lipinski definition) is 12. The number of likely N-dealkylation sites (N-methyl/N-ethyl adjacent to an activating group) is 1. The van der Waals surface area contributed by atoms with Gasteiger partial charge in [-0.3, -0.25) is 4.79 Å². The van der Waals surface area contributed by atoms with E-state index in [1.807, 2.05) is 19.2 Å². The first-order chi connectivity index (χ1) is 22.3. The number of benzene rings is 1. The Morgan fingerprint density at radius 1 is 1.08 bits per heavy atom. The number of aliphatic hydroxyl groups excluding tert-OH is 1. The highest BCUT2D eigenvalue weighted by Gasteiger charge is 2.72. The molecule has 4 aliphatic rings. The molecule has 2 heterocycles. The largest absolute Gasteiger partial charge is 0.481 e. The van der Waals surface area contributed by atoms with Crippen LogP contribution < -0.4 is 10.1 Å². The molecule has 2 bridgehead atoms. The van der Waals surface area contributed by atoms with Gasteiger partial charge in [-0.05, 0) is 93.0 Å². The summed E-state index contributed by atoms with van der Waals surface area (Å²) < 4.78 is 28.4. The Morgan fingerprint density at radius 2 is 1.77 bits per heavy atom. The second kappa shape index (κ2) is 12.6. The summed E-state index contributed by atoms with van der Waals surface area (Å²) >= 11 is 0. The zero-order valence-corrected chi connectivity index (χ0v) is 29.0. The van der Waals surface area contributed by atoms with E-state index < -0.39 is 64.5 Å². The minimum atomic E-state index is -1.32. The standard InChI is InChI=1S/C35H48N2O11/c1-19(44-25(39)12-11-22(30(41)47-32(2,3)4)36-31(42)48-33(5,6)7)29(40)45-23-13-14-35(43)24-17-20-9-10-21(18-38)27-26(20)34(35,28(23)46-27)15-16-37(24)8/h9-10,13,19,22,24,28,38,43H,11-12,14-18H2,1-8H3,(H,36,42)/t19-,22-,24+,28-,34-,35+/m0/s1. The minimum Gasteiger partial charge on any atom is -0.481 e. The molecule has 2 aliphatic heterocycles. The monoisotopic (exact) mass is 672 g/mol. The van der Waals surface area contributed by atoms with Crippen molar-refractivity contribution in [2.45, 2.75) is 134 Å². The summed E-state index contributed by atoms with van der Waals surface area (Å²) in [5.41, 5.74) is -1.24. The first-order valence-corrected chi connectivity index (χ1v) is 16.5. The highest BCUT2D eigenvalue weighted by Crippen LogP contribution is 2.64. The number of aliphatic hydroxyl groups is 2. The number of likely N-dealkylation sites (tertiary alicyclic amines) is 1. The van der Waals surface area contributed by atoms with Crippen molar-refractivity contribution >= 4 is 24.0 Å². The van der Waals surface area contributed by atoms with Crippen LogP contribution in [0.5, 0.6) is 5.75 Å². The Balaban J connectivity index is 1.27. The van der Waals surface area contributed by atoms with E-state index in [1.165, 1.54) is 6.92 Å². The lowest BCUT2D eigenvalue weighted by Gasteiger charge is -2.61. The van der Waals surface area contributed by atoms with Gasteiger partial charge in [-0.15, -0.1) is 0 Å². The third kappa shape index (κ3) is 6.51. The first kappa shape index (κ1) is 35.6. The maximum Gasteiger partial charge on any atom is 0.408 e. The topological polar surface area (TPSA) is 170 Å². The van der Waals surface area contributed by atoms with Crippen LogP contribution in [0.4, 0.5) is 4.79 Å². The Labute approximate surface area is 280 Å². The van der Waals surface area contributed by atoms with Gasteiger partial charge in [-0.2, -0.15) is 0 Å². The third-order valence-corrected chi connectivity index (χ3v) is 9.50. The fraction of sp³-hybridized carbons (Fsp3) is 0.657. The number of nitrogens with zero attached hydrogens (tertiary/aromatic N) is 1. The molecule has 6 atom stereocenters. The number of rotatable bonds is 9. The van der Waals surface area contributed by atoms with Gasteiger partial charge in [0.2, 0.25) is 0 Å². The average Bonchev–Trinajstić information content (AvgIpc) is 3.32. The van der Waals surface area contributed by atoms with Crippen molar-refractivity contribution in [3.63, 3.8) is 0 Å². The lowest BCUT2D eigenvalue weighted by molar-refractivity contribution is -0.175. The van der Waals surface area contributed by atoms with E-state index in [-0.39, 0.29) is 37.7 Å². The van der Waals surface area contributed by atoms with Gasteiger partial charge < -0.3 is 44.1 Å². The molecule has 0 unspecified atom stereocenters. The maximum atomic E-state index is 13.3. The summed E-state index contributed by atoms with van der Waals surface area (Å²) in [6, 6.07) is 2.42. The van der Waals surface area contributed by atoms with E-state index in [2.05, 4.69) is 10.2 Å². The lowest BCUT2D eigenvalue weighted by Crippen LogP contribution is -2.74. The van der Waals surface area contributed by atoms with Crippen LogP contribution in [0.1, 0.15) is 90.8 Å². The molecule has 3 N–H and O–H groups in total. The molecule has 0 radical (unpaired) electrons. The maximum absolute atomic E-state index is 13.3. The molecular weight excluding hydrogens is 624 g/mol. The van der Waals surface area contributed by atoms with E-state index in [4.69, 9.17) is 23.7 Å². The lowest BCUT2D eigenvalue weighted by atomic mass is 9.50. The molecule has 1 spiro atoms. The number of carbonyl (C=O) groups excluding carboxylic acids is 4. The van der Waals surface area contributed by atoms with Crippen LogP contribution in [0.25, 0.3) is 0 Å². The highest BCUT2D eigenvalue weighted by molar-refractivity contribution is 5.83. The van der Waals surface area contributed by atoms with Crippen molar-refractivity contribution in [1.82, 2.24) is 10.2 Å². The summed E-state index contributed by atoms with van der Waals surface area (Å²) in [5.74, 6) is -1.65. The van der Waals surface area contributed by atoms with E-state index in [0.717, 1.165) is 11.1 Å². The molecule has 1 fully saturated rings. The molecule has 2 aliphatic carbocycles. The van der Waals surface area contributed by atoms with Gasteiger partial charge in [0.25, 0.3) is 0 Å². The van der Waals surface area contributed by atoms with Crippen LogP contribution in [0.15, 0.2) is 24.0 Å². The summed E-state index contributed by atoms with van der Waals surface area (Å²) in [6.07, 6.45) is -0.419. The van der Waals surface area contributed by atoms with Crippen molar-refractivity contribution in [2.75, 3.05) is 13.6 Å². The molecule has 1 amide bonds. The van der Waals surface area contributed by atoms with Gasteiger partial charge in [-0.25, -0.2) is 14.4 Å². The predicted molar refractivity (Wildman–Crippen MR) is 171 cm³/mol. The van der Waals surface area contributed by atoms with Crippen molar-refractivity contribution in [1.29, 1.82) is 0 Å². The fourth-order valence-electron chi connectivity index (χ4n) is 7.47. The minimum absolute atomic E-state index is 0.166. The van der Waals surface area contributed by atoms with Gasteiger partial charge in [-0.1, -0.05) is 12.1 Å². The van der Waals surface area contributed by atoms with Crippen molar-refractivity contribution in [3.05, 3.63) is 40.7 Å². The van der Waals surface area contributed by atoms with Crippen LogP contribution in [-0.4, -0.2) is 93.8 Å². The Morgan fingerprint density at radius 3 is 2.42 bits per heavy atom. The second-order valence-electron chi connectivity index (χ2n) is 15.2. The van der Waals surface area contributed by atoms with Crippen molar-refractivity contribution in [2.24, 2.45) is 0 Å². The Hall–Kier alpha value is -3.68. The van der Waals surface area contributed by atoms with Gasteiger partial charge >= 0.3 is 24.0 Å². The number of ether oxygens (including phenoxy) is 5. The molecule has 13 nitrogen and oxygen atoms in total. The molecule has 264 valence electrons. The number of carbonyl (C=O) groups is 4. The summed E-state index contributed by atoms with van der Waals surface area (Å²) in [4.78, 5) is 53.6. The second-order valence-corrected chi connectivity index (χ2v) is 15.2. The van der Waals surface area contributed by atoms with Gasteiger partial charge in [0, 0.05) is 30.0 Å². The van der Waals surface area contributed by atoms with Crippen LogP contribution in [0.3, 0.4) is 0 Å². The highest BCUT2D eigenvalue weighted by atomic mass is 16.6. The number of alkyl carbamates (subject to hydrolysis) is 1. The number of piperidine rings is 1. The van der Waals surface area contributed by atoms with E-state index in [9.17, 15) is 29.4 Å². The molecule has 1 aromatic carbocycles. The Kier molecular flexibility index (Phi) is 9.39. The first-order valence-electron chi connectivity index (χ1n) is 16.5. The van der Waals surface area contributed by atoms with Crippen LogP contribution in [0, 0.1) is 0 Å². The van der Waals surface area contributed by atoms with Crippen molar-refractivity contribution in [3.8, 4) is 5.75 Å². The quantitative estimate of drug-likeness (QED) is 0.259. The smallest absolute Gasteiger partial charge is 0.408 e. The van der Waals surface area contributed by atoms with Gasteiger partial charge in [0.05, 0.1) is 17.6 Å². The molecule has 1 saturated heterocycles. The summed E-state index contributed by atoms with van der Waals surface area (Å²) in [6.45, 7) is 11.9. The van der Waals surface area contributed by atoms with E-state index in [0.29, 0.717) is 30.7 Å². The van der Waals surface area contributed by atoms with Gasteiger partial charge in [0.1, 0.15) is 28.8 Å². The fourth-order valence-corrected chi connectivity index (χ4v) is 7.47. The van der Waals surface area contributed by atoms with Crippen LogP contribution in [0.2, 0.25) is 0 Å². The van der Waals surface area contributed by atoms with E-state index in [1.54, 1.807) is 47.6 Å². The normalized spacial score (nSPS) is 27.0. The number of amides is 1. The molecule has 0 aromatic heterocycles. The third-order valence-electron chi connectivity index (χ3n) is 9.50. The number of esters is 3. The van der Waals surface area contributed by atoms with E-state index >= 15 is 0 Å². The van der Waals surface area contributed by atoms with Crippen molar-refractivity contribution < 1.29 is 53.1 Å². The average molecular weight is 673 g/mol. The number of hydrogen-bond donors (Lipinski definition) is 3. The zero-order chi connectivity index (χ0) is 35.4. The van der Waals surface area contributed by atoms with Crippen LogP contribution >= 0.6 is 0 Å². The SMILES string of the molecule is C[C@H](OC(=O)CC[C@H](NC(=O)OC(C)(C)C)C(=O)OC(C)(C)C)C(=O)OC1=CC[C@@]2(O)[C@H]3Cc4ccc(CO)c5c4[C@@]2(CCN3C)[C@H]1O5. The summed E-state index contributed by atoms with van der Waals surface area (Å²) in [5, 5.41) is 24.9. The Bertz CT molecular complexity index is 1510. The zero-order valence-electron chi connectivity index (χ0n) is 29.0. The molecule has 5 rings (SSSR count). The van der Waals surface area contributed by atoms with Gasteiger partial charge in [0.15, 0.2) is 12.2 Å². The predicted octanol–water partition coefficient (Wildman–Crippen LogP) is 2.95. The molecular formula is C35H48N2O11. The number of nitrogens with one attached hydrogen (secondary N) is 1. The summed E-state index contributed by atoms with van der Waals surface area (Å²) in [7, 11) is 1.99. The molecule has 13 heteroatoms. The molecule has 0 saturated carbocycles. The molecule has 1 aromatic rings. The van der Waals surface area contributed by atoms with Crippen LogP contribution in [-0.2, 0) is 51.8 Å².